The van der Waals surface area contributed by atoms with Gasteiger partial charge in [0.1, 0.15) is 0 Å². The summed E-state index contributed by atoms with van der Waals surface area (Å²) >= 11 is 0. The zero-order valence-corrected chi connectivity index (χ0v) is 17.7. The van der Waals surface area contributed by atoms with Crippen molar-refractivity contribution in [2.24, 2.45) is 10.4 Å². The van der Waals surface area contributed by atoms with Gasteiger partial charge in [-0.25, -0.2) is 0 Å². The zero-order chi connectivity index (χ0) is 22.3. The highest BCUT2D eigenvalue weighted by Gasteiger charge is 2.46. The number of aliphatic imine (C=N–C) groups is 1. The summed E-state index contributed by atoms with van der Waals surface area (Å²) in [6.45, 7) is 8.37. The molecule has 1 spiro atoms. The molecule has 0 saturated carbocycles. The molecule has 0 fully saturated rings. The summed E-state index contributed by atoms with van der Waals surface area (Å²) in [7, 11) is 0. The predicted octanol–water partition coefficient (Wildman–Crippen LogP) is 6.34. The van der Waals surface area contributed by atoms with Crippen LogP contribution in [-0.4, -0.2) is 5.71 Å². The minimum atomic E-state index is -0.269. The van der Waals surface area contributed by atoms with Gasteiger partial charge in [-0.2, -0.15) is 15.5 Å². The third-order valence-corrected chi connectivity index (χ3v) is 6.72. The van der Waals surface area contributed by atoms with Crippen LogP contribution >= 0.6 is 0 Å². The van der Waals surface area contributed by atoms with E-state index in [4.69, 9.17) is 0 Å². The van der Waals surface area contributed by atoms with Crippen LogP contribution in [0.1, 0.15) is 39.8 Å². The first kappa shape index (κ1) is 19.7. The number of nitriles is 2. The second-order valence-corrected chi connectivity index (χ2v) is 8.62. The molecule has 1 atom stereocenters. The highest BCUT2D eigenvalue weighted by molar-refractivity contribution is 6.11. The molecule has 3 aromatic rings. The Labute approximate surface area is 188 Å². The van der Waals surface area contributed by atoms with Crippen LogP contribution in [0.25, 0.3) is 22.8 Å². The largest absolute Gasteiger partial charge is 0.205 e. The molecule has 0 bridgehead atoms. The van der Waals surface area contributed by atoms with Crippen molar-refractivity contribution < 1.29 is 0 Å². The predicted molar refractivity (Wildman–Crippen MR) is 129 cm³/mol. The van der Waals surface area contributed by atoms with Gasteiger partial charge in [0.05, 0.1) is 17.3 Å². The number of benzene rings is 3. The van der Waals surface area contributed by atoms with Crippen molar-refractivity contribution >= 4 is 17.4 Å². The molecule has 0 aromatic heterocycles. The molecule has 1 unspecified atom stereocenters. The maximum absolute atomic E-state index is 9.55. The quantitative estimate of drug-likeness (QED) is 0.462. The van der Waals surface area contributed by atoms with Gasteiger partial charge in [0.25, 0.3) is 0 Å². The molecule has 0 heterocycles. The van der Waals surface area contributed by atoms with E-state index in [1.54, 1.807) is 6.07 Å². The third-order valence-electron chi connectivity index (χ3n) is 6.72. The van der Waals surface area contributed by atoms with E-state index < -0.39 is 0 Å². The highest BCUT2D eigenvalue weighted by atomic mass is 14.8. The molecule has 32 heavy (non-hydrogen) atoms. The van der Waals surface area contributed by atoms with Gasteiger partial charge in [0.2, 0.25) is 6.19 Å². The first-order chi connectivity index (χ1) is 15.6. The van der Waals surface area contributed by atoms with E-state index in [1.165, 1.54) is 16.7 Å². The third kappa shape index (κ3) is 2.99. The smallest absolute Gasteiger partial charge is 0.192 e. The number of hydrogen-bond donors (Lipinski definition) is 0. The van der Waals surface area contributed by atoms with Crippen molar-refractivity contribution in [1.29, 1.82) is 10.5 Å². The highest BCUT2D eigenvalue weighted by Crippen LogP contribution is 2.51. The number of fused-ring (bicyclic) bond motifs is 2. The van der Waals surface area contributed by atoms with Crippen molar-refractivity contribution in [3.8, 4) is 23.4 Å². The van der Waals surface area contributed by atoms with Crippen molar-refractivity contribution in [2.45, 2.75) is 19.3 Å². The summed E-state index contributed by atoms with van der Waals surface area (Å²) in [6, 6.07) is 22.4. The minimum absolute atomic E-state index is 0.269. The molecular weight excluding hydrogens is 390 g/mol. The van der Waals surface area contributed by atoms with Crippen LogP contribution in [0.3, 0.4) is 0 Å². The summed E-state index contributed by atoms with van der Waals surface area (Å²) in [5.74, 6) is 0. The maximum atomic E-state index is 9.55. The lowest BCUT2D eigenvalue weighted by atomic mass is 9.66. The van der Waals surface area contributed by atoms with Crippen molar-refractivity contribution in [3.63, 3.8) is 0 Å². The molecule has 3 nitrogen and oxygen atoms in total. The van der Waals surface area contributed by atoms with E-state index in [-0.39, 0.29) is 5.41 Å². The summed E-state index contributed by atoms with van der Waals surface area (Å²) in [4.78, 5) is 4.37. The fraction of sp³-hybridized carbons (Fsp3) is 0.138. The Kier molecular flexibility index (Phi) is 4.62. The van der Waals surface area contributed by atoms with Gasteiger partial charge in [0.15, 0.2) is 0 Å². The number of allylic oxidation sites excluding steroid dienone is 1. The van der Waals surface area contributed by atoms with Crippen molar-refractivity contribution in [3.05, 3.63) is 107 Å². The molecule has 0 saturated heterocycles. The van der Waals surface area contributed by atoms with E-state index in [2.05, 4.69) is 66.8 Å². The Morgan fingerprint density at radius 2 is 1.69 bits per heavy atom. The van der Waals surface area contributed by atoms with E-state index >= 15 is 0 Å². The minimum Gasteiger partial charge on any atom is -0.192 e. The molecule has 0 aliphatic heterocycles. The molecule has 0 amide bonds. The van der Waals surface area contributed by atoms with Crippen LogP contribution in [0.4, 0.5) is 0 Å². The van der Waals surface area contributed by atoms with E-state index in [9.17, 15) is 10.5 Å². The first-order valence-corrected chi connectivity index (χ1v) is 10.6. The number of hydrogen-bond acceptors (Lipinski definition) is 3. The molecule has 0 N–H and O–H groups in total. The van der Waals surface area contributed by atoms with Crippen molar-refractivity contribution in [2.75, 3.05) is 0 Å². The molecule has 5 rings (SSSR count). The van der Waals surface area contributed by atoms with E-state index in [0.717, 1.165) is 52.8 Å². The molecule has 152 valence electrons. The molecule has 3 aromatic carbocycles. The number of nitrogens with zero attached hydrogens (tertiary/aromatic N) is 3. The Morgan fingerprint density at radius 1 is 0.906 bits per heavy atom. The monoisotopic (exact) mass is 411 g/mol. The summed E-state index contributed by atoms with van der Waals surface area (Å²) < 4.78 is 0. The van der Waals surface area contributed by atoms with Crippen LogP contribution in [0.15, 0.2) is 78.8 Å². The zero-order valence-electron chi connectivity index (χ0n) is 17.7. The van der Waals surface area contributed by atoms with Gasteiger partial charge in [0, 0.05) is 11.0 Å². The normalized spacial score (nSPS) is 19.8. The first-order valence-electron chi connectivity index (χ1n) is 10.6. The topological polar surface area (TPSA) is 59.9 Å². The fourth-order valence-corrected chi connectivity index (χ4v) is 5.45. The van der Waals surface area contributed by atoms with Gasteiger partial charge < -0.3 is 0 Å². The van der Waals surface area contributed by atoms with Gasteiger partial charge >= 0.3 is 0 Å². The maximum Gasteiger partial charge on any atom is 0.205 e. The second-order valence-electron chi connectivity index (χ2n) is 8.62. The molecular formula is C29H21N3. The lowest BCUT2D eigenvalue weighted by Gasteiger charge is -2.37. The van der Waals surface area contributed by atoms with Gasteiger partial charge in [-0.05, 0) is 76.4 Å². The van der Waals surface area contributed by atoms with Gasteiger partial charge in [-0.3, -0.25) is 0 Å². The molecule has 2 aliphatic carbocycles. The van der Waals surface area contributed by atoms with E-state index in [0.29, 0.717) is 5.56 Å². The fourth-order valence-electron chi connectivity index (χ4n) is 5.45. The van der Waals surface area contributed by atoms with E-state index in [1.807, 2.05) is 24.3 Å². The Balaban J connectivity index is 1.62. The van der Waals surface area contributed by atoms with Crippen LogP contribution in [-0.2, 0) is 12.8 Å². The molecule has 0 radical (unpaired) electrons. The average molecular weight is 412 g/mol. The Morgan fingerprint density at radius 3 is 2.47 bits per heavy atom. The number of rotatable bonds is 2. The summed E-state index contributed by atoms with van der Waals surface area (Å²) in [6.07, 6.45) is 6.36. The van der Waals surface area contributed by atoms with Crippen LogP contribution in [0.5, 0.6) is 0 Å². The average Bonchev–Trinajstić information content (AvgIpc) is 3.10. The van der Waals surface area contributed by atoms with Crippen LogP contribution in [0, 0.1) is 28.2 Å². The summed E-state index contributed by atoms with van der Waals surface area (Å²) in [5.41, 5.74) is 10.1. The molecule has 3 heteroatoms. The van der Waals surface area contributed by atoms with Crippen LogP contribution < -0.4 is 0 Å². The lowest BCUT2D eigenvalue weighted by Crippen LogP contribution is -2.35. The molecule has 2 aliphatic rings. The summed E-state index contributed by atoms with van der Waals surface area (Å²) in [5, 5.41) is 18.8. The Bertz CT molecular complexity index is 1410. The Hall–Kier alpha value is -4.21. The van der Waals surface area contributed by atoms with Gasteiger partial charge in [-0.1, -0.05) is 61.7 Å². The lowest BCUT2D eigenvalue weighted by molar-refractivity contribution is 0.429. The SMILES string of the molecule is C=Cc1cccc2c1C(=C)CC1(Cc3ccc(-c4cccc(C#N)c4)cc3C1=NC#N)C2. The van der Waals surface area contributed by atoms with Gasteiger partial charge in [-0.15, -0.1) is 0 Å². The second kappa shape index (κ2) is 7.49. The van der Waals surface area contributed by atoms with Crippen LogP contribution in [0.2, 0.25) is 0 Å². The standard InChI is InChI=1S/C29H21N3/c1-3-21-7-5-9-25-16-29(14-19(2)27(21)25)15-24-11-10-23(13-26(24)28(29)32-18-31)22-8-4-6-20(12-22)17-30/h3-13H,1-2,14-16H2. The van der Waals surface area contributed by atoms with Crippen molar-refractivity contribution in [1.82, 2.24) is 0 Å².